The van der Waals surface area contributed by atoms with Gasteiger partial charge in [0.1, 0.15) is 5.75 Å². The third-order valence-corrected chi connectivity index (χ3v) is 5.23. The SMILES string of the molecule is COc1cccc(NC(=O)Nc2nnc(N3[C@@H](C)CCC[C@@H]3C)s2)c1. The summed E-state index contributed by atoms with van der Waals surface area (Å²) in [5, 5.41) is 15.2. The summed E-state index contributed by atoms with van der Waals surface area (Å²) < 4.78 is 5.15. The number of piperidine rings is 1. The lowest BCUT2D eigenvalue weighted by molar-refractivity contribution is 0.262. The Hall–Kier alpha value is -2.35. The largest absolute Gasteiger partial charge is 0.497 e. The predicted octanol–water partition coefficient (Wildman–Crippen LogP) is 3.96. The number of hydrogen-bond acceptors (Lipinski definition) is 6. The molecular weight excluding hydrogens is 338 g/mol. The van der Waals surface area contributed by atoms with Crippen LogP contribution in [-0.2, 0) is 0 Å². The number of benzene rings is 1. The molecule has 134 valence electrons. The van der Waals surface area contributed by atoms with Crippen molar-refractivity contribution in [1.82, 2.24) is 10.2 Å². The first-order valence-electron chi connectivity index (χ1n) is 8.40. The second kappa shape index (κ2) is 7.69. The van der Waals surface area contributed by atoms with Crippen LogP contribution in [0.2, 0.25) is 0 Å². The Kier molecular flexibility index (Phi) is 5.37. The molecular formula is C17H23N5O2S. The van der Waals surface area contributed by atoms with E-state index in [0.29, 0.717) is 28.7 Å². The van der Waals surface area contributed by atoms with Gasteiger partial charge < -0.3 is 15.0 Å². The molecule has 7 nitrogen and oxygen atoms in total. The van der Waals surface area contributed by atoms with Crippen LogP contribution in [0.5, 0.6) is 5.75 Å². The van der Waals surface area contributed by atoms with Crippen molar-refractivity contribution >= 4 is 33.3 Å². The summed E-state index contributed by atoms with van der Waals surface area (Å²) in [6.45, 7) is 4.42. The molecule has 0 aliphatic carbocycles. The maximum atomic E-state index is 12.2. The zero-order chi connectivity index (χ0) is 17.8. The first-order chi connectivity index (χ1) is 12.1. The smallest absolute Gasteiger partial charge is 0.325 e. The molecule has 0 spiro atoms. The van der Waals surface area contributed by atoms with Gasteiger partial charge in [-0.2, -0.15) is 0 Å². The van der Waals surface area contributed by atoms with Crippen LogP contribution in [0.4, 0.5) is 20.7 Å². The fourth-order valence-electron chi connectivity index (χ4n) is 3.13. The molecule has 3 rings (SSSR count). The van der Waals surface area contributed by atoms with Crippen molar-refractivity contribution in [2.24, 2.45) is 0 Å². The minimum absolute atomic E-state index is 0.351. The van der Waals surface area contributed by atoms with Crippen LogP contribution < -0.4 is 20.3 Å². The Balaban J connectivity index is 1.63. The van der Waals surface area contributed by atoms with Gasteiger partial charge in [-0.25, -0.2) is 4.79 Å². The van der Waals surface area contributed by atoms with E-state index in [4.69, 9.17) is 4.74 Å². The number of carbonyl (C=O) groups is 1. The Morgan fingerprint density at radius 3 is 2.72 bits per heavy atom. The van der Waals surface area contributed by atoms with E-state index in [9.17, 15) is 4.79 Å². The Bertz CT molecular complexity index is 725. The van der Waals surface area contributed by atoms with Crippen LogP contribution in [0, 0.1) is 0 Å². The van der Waals surface area contributed by atoms with E-state index in [1.807, 2.05) is 12.1 Å². The second-order valence-electron chi connectivity index (χ2n) is 6.24. The highest BCUT2D eigenvalue weighted by atomic mass is 32.1. The van der Waals surface area contributed by atoms with E-state index in [1.165, 1.54) is 17.8 Å². The molecule has 0 radical (unpaired) electrons. The number of amides is 2. The van der Waals surface area contributed by atoms with Crippen molar-refractivity contribution in [2.75, 3.05) is 22.6 Å². The molecule has 1 fully saturated rings. The van der Waals surface area contributed by atoms with Gasteiger partial charge in [-0.3, -0.25) is 5.32 Å². The Morgan fingerprint density at radius 1 is 1.24 bits per heavy atom. The molecule has 2 N–H and O–H groups in total. The van der Waals surface area contributed by atoms with Crippen molar-refractivity contribution in [3.05, 3.63) is 24.3 Å². The summed E-state index contributed by atoms with van der Waals surface area (Å²) in [7, 11) is 1.59. The van der Waals surface area contributed by atoms with Crippen LogP contribution in [0.1, 0.15) is 33.1 Å². The topological polar surface area (TPSA) is 79.4 Å². The number of rotatable bonds is 4. The van der Waals surface area contributed by atoms with Crippen molar-refractivity contribution < 1.29 is 9.53 Å². The molecule has 25 heavy (non-hydrogen) atoms. The highest BCUT2D eigenvalue weighted by Gasteiger charge is 2.27. The molecule has 1 aliphatic rings. The van der Waals surface area contributed by atoms with Crippen LogP contribution in [-0.4, -0.2) is 35.4 Å². The Labute approximate surface area is 151 Å². The average molecular weight is 361 g/mol. The summed E-state index contributed by atoms with van der Waals surface area (Å²) in [6, 6.07) is 7.71. The number of ether oxygens (including phenoxy) is 1. The van der Waals surface area contributed by atoms with Gasteiger partial charge in [0.15, 0.2) is 0 Å². The summed E-state index contributed by atoms with van der Waals surface area (Å²) >= 11 is 1.40. The first-order valence-corrected chi connectivity index (χ1v) is 9.22. The van der Waals surface area contributed by atoms with Gasteiger partial charge in [0.25, 0.3) is 0 Å². The monoisotopic (exact) mass is 361 g/mol. The zero-order valence-corrected chi connectivity index (χ0v) is 15.5. The van der Waals surface area contributed by atoms with E-state index < -0.39 is 0 Å². The molecule has 0 unspecified atom stereocenters. The minimum atomic E-state index is -0.351. The van der Waals surface area contributed by atoms with Gasteiger partial charge in [0, 0.05) is 23.8 Å². The lowest BCUT2D eigenvalue weighted by Crippen LogP contribution is -2.43. The number of anilines is 3. The highest BCUT2D eigenvalue weighted by molar-refractivity contribution is 7.19. The number of urea groups is 1. The lowest BCUT2D eigenvalue weighted by Gasteiger charge is -2.38. The van der Waals surface area contributed by atoms with Gasteiger partial charge in [-0.05, 0) is 45.2 Å². The van der Waals surface area contributed by atoms with E-state index >= 15 is 0 Å². The fraction of sp³-hybridized carbons (Fsp3) is 0.471. The second-order valence-corrected chi connectivity index (χ2v) is 7.19. The van der Waals surface area contributed by atoms with E-state index in [-0.39, 0.29) is 6.03 Å². The van der Waals surface area contributed by atoms with Crippen LogP contribution in [0.15, 0.2) is 24.3 Å². The average Bonchev–Trinajstić information content (AvgIpc) is 3.02. The molecule has 8 heteroatoms. The van der Waals surface area contributed by atoms with Crippen LogP contribution in [0.25, 0.3) is 0 Å². The fourth-order valence-corrected chi connectivity index (χ4v) is 4.07. The lowest BCUT2D eigenvalue weighted by atomic mass is 9.98. The number of nitrogens with zero attached hydrogens (tertiary/aromatic N) is 3. The van der Waals surface area contributed by atoms with Gasteiger partial charge in [-0.15, -0.1) is 10.2 Å². The highest BCUT2D eigenvalue weighted by Crippen LogP contribution is 2.32. The van der Waals surface area contributed by atoms with E-state index in [0.717, 1.165) is 18.0 Å². The minimum Gasteiger partial charge on any atom is -0.497 e. The normalized spacial score (nSPS) is 20.2. The van der Waals surface area contributed by atoms with Gasteiger partial charge in [0.05, 0.1) is 7.11 Å². The summed E-state index contributed by atoms with van der Waals surface area (Å²) in [5.74, 6) is 0.684. The maximum absolute atomic E-state index is 12.2. The van der Waals surface area contributed by atoms with Gasteiger partial charge >= 0.3 is 6.03 Å². The predicted molar refractivity (Wildman–Crippen MR) is 101 cm³/mol. The maximum Gasteiger partial charge on any atom is 0.325 e. The molecule has 2 amide bonds. The molecule has 1 aromatic carbocycles. The van der Waals surface area contributed by atoms with Gasteiger partial charge in [0.2, 0.25) is 10.3 Å². The standard InChI is InChI=1S/C17H23N5O2S/c1-11-6-4-7-12(2)22(11)17-21-20-16(25-17)19-15(23)18-13-8-5-9-14(10-13)24-3/h5,8-12H,4,6-7H2,1-3H3,(H2,18,19,20,23)/t11-,12-/m0/s1. The van der Waals surface area contributed by atoms with E-state index in [2.05, 4.69) is 39.6 Å². The molecule has 2 heterocycles. The summed E-state index contributed by atoms with van der Waals surface area (Å²) in [5.41, 5.74) is 0.653. The number of hydrogen-bond donors (Lipinski definition) is 2. The number of methoxy groups -OCH3 is 1. The van der Waals surface area contributed by atoms with Crippen molar-refractivity contribution in [3.63, 3.8) is 0 Å². The number of nitrogens with one attached hydrogen (secondary N) is 2. The summed E-state index contributed by atoms with van der Waals surface area (Å²) in [4.78, 5) is 14.5. The zero-order valence-electron chi connectivity index (χ0n) is 14.7. The summed E-state index contributed by atoms with van der Waals surface area (Å²) in [6.07, 6.45) is 3.55. The third kappa shape index (κ3) is 4.19. The molecule has 0 saturated carbocycles. The van der Waals surface area contributed by atoms with Crippen molar-refractivity contribution in [1.29, 1.82) is 0 Å². The quantitative estimate of drug-likeness (QED) is 0.862. The Morgan fingerprint density at radius 2 is 2.00 bits per heavy atom. The molecule has 1 aliphatic heterocycles. The third-order valence-electron chi connectivity index (χ3n) is 4.38. The van der Waals surface area contributed by atoms with Gasteiger partial charge in [-0.1, -0.05) is 17.4 Å². The molecule has 2 atom stereocenters. The van der Waals surface area contributed by atoms with E-state index in [1.54, 1.807) is 19.2 Å². The van der Waals surface area contributed by atoms with Crippen molar-refractivity contribution in [3.8, 4) is 5.75 Å². The molecule has 2 aromatic rings. The van der Waals surface area contributed by atoms with Crippen LogP contribution >= 0.6 is 11.3 Å². The first kappa shape index (κ1) is 17.5. The molecule has 0 bridgehead atoms. The number of aromatic nitrogens is 2. The molecule has 1 saturated heterocycles. The van der Waals surface area contributed by atoms with Crippen LogP contribution in [0.3, 0.4) is 0 Å². The molecule has 1 aromatic heterocycles. The number of carbonyl (C=O) groups excluding carboxylic acids is 1. The van der Waals surface area contributed by atoms with Crippen molar-refractivity contribution in [2.45, 2.75) is 45.2 Å².